The molecule has 0 radical (unpaired) electrons. The number of nitrogens with zero attached hydrogens (tertiary/aromatic N) is 4. The van der Waals surface area contributed by atoms with Crippen molar-refractivity contribution >= 4 is 5.91 Å². The quantitative estimate of drug-likeness (QED) is 0.824. The second-order valence-electron chi connectivity index (χ2n) is 5.94. The van der Waals surface area contributed by atoms with E-state index < -0.39 is 0 Å². The Morgan fingerprint density at radius 3 is 2.60 bits per heavy atom. The van der Waals surface area contributed by atoms with Crippen LogP contribution < -0.4 is 10.5 Å². The standard InChI is InChI=1S/C17H23N5O3/c1-24-14-4-2-13(3-5-14)17-19-15(25-20-17)12-21-8-10-22(11-9-21)16(23)6-7-18/h2-5H,6-12,18H2,1H3. The fourth-order valence-electron chi connectivity index (χ4n) is 2.80. The van der Waals surface area contributed by atoms with Crippen LogP contribution in [0.2, 0.25) is 0 Å². The van der Waals surface area contributed by atoms with Gasteiger partial charge in [0.1, 0.15) is 5.75 Å². The highest BCUT2D eigenvalue weighted by Gasteiger charge is 2.22. The predicted octanol–water partition coefficient (Wildman–Crippen LogP) is 0.738. The van der Waals surface area contributed by atoms with E-state index in [1.165, 1.54) is 0 Å². The summed E-state index contributed by atoms with van der Waals surface area (Å²) in [5.74, 6) is 2.05. The number of amides is 1. The molecule has 0 saturated carbocycles. The molecule has 1 saturated heterocycles. The molecule has 2 aromatic rings. The third-order valence-electron chi connectivity index (χ3n) is 4.26. The molecule has 0 unspecified atom stereocenters. The fourth-order valence-corrected chi connectivity index (χ4v) is 2.80. The average Bonchev–Trinajstić information content (AvgIpc) is 3.11. The number of rotatable bonds is 6. The van der Waals surface area contributed by atoms with E-state index in [9.17, 15) is 4.79 Å². The number of aromatic nitrogens is 2. The van der Waals surface area contributed by atoms with E-state index in [1.54, 1.807) is 7.11 Å². The number of piperazine rings is 1. The summed E-state index contributed by atoms with van der Waals surface area (Å²) in [5, 5.41) is 4.04. The van der Waals surface area contributed by atoms with E-state index in [2.05, 4.69) is 15.0 Å². The van der Waals surface area contributed by atoms with Gasteiger partial charge in [0.25, 0.3) is 0 Å². The maximum Gasteiger partial charge on any atom is 0.241 e. The van der Waals surface area contributed by atoms with Gasteiger partial charge in [-0.25, -0.2) is 0 Å². The molecule has 0 bridgehead atoms. The monoisotopic (exact) mass is 345 g/mol. The molecule has 134 valence electrons. The minimum atomic E-state index is 0.127. The maximum atomic E-state index is 11.8. The van der Waals surface area contributed by atoms with E-state index in [0.717, 1.165) is 24.4 Å². The van der Waals surface area contributed by atoms with Crippen LogP contribution in [0.4, 0.5) is 0 Å². The molecular formula is C17H23N5O3. The molecule has 8 nitrogen and oxygen atoms in total. The Hall–Kier alpha value is -2.45. The lowest BCUT2D eigenvalue weighted by Crippen LogP contribution is -2.48. The minimum Gasteiger partial charge on any atom is -0.497 e. The SMILES string of the molecule is COc1ccc(-c2noc(CN3CCN(C(=O)CCN)CC3)n2)cc1. The van der Waals surface area contributed by atoms with Crippen LogP contribution in [0.3, 0.4) is 0 Å². The van der Waals surface area contributed by atoms with Crippen molar-refractivity contribution in [3.8, 4) is 17.1 Å². The summed E-state index contributed by atoms with van der Waals surface area (Å²) in [4.78, 5) is 20.4. The Morgan fingerprint density at radius 2 is 1.96 bits per heavy atom. The van der Waals surface area contributed by atoms with Gasteiger partial charge in [-0.05, 0) is 24.3 Å². The second-order valence-corrected chi connectivity index (χ2v) is 5.94. The number of carbonyl (C=O) groups is 1. The molecule has 1 aromatic carbocycles. The van der Waals surface area contributed by atoms with Crippen LogP contribution in [0.15, 0.2) is 28.8 Å². The first kappa shape index (κ1) is 17.4. The van der Waals surface area contributed by atoms with Crippen LogP contribution in [-0.2, 0) is 11.3 Å². The summed E-state index contributed by atoms with van der Waals surface area (Å²) in [6.45, 7) is 3.97. The minimum absolute atomic E-state index is 0.127. The van der Waals surface area contributed by atoms with E-state index >= 15 is 0 Å². The largest absolute Gasteiger partial charge is 0.497 e. The first-order chi connectivity index (χ1) is 12.2. The highest BCUT2D eigenvalue weighted by Crippen LogP contribution is 2.20. The van der Waals surface area contributed by atoms with Gasteiger partial charge < -0.3 is 19.9 Å². The molecule has 2 heterocycles. The normalized spacial score (nSPS) is 15.4. The predicted molar refractivity (Wildman–Crippen MR) is 91.8 cm³/mol. The Labute approximate surface area is 146 Å². The lowest BCUT2D eigenvalue weighted by molar-refractivity contribution is -0.132. The maximum absolute atomic E-state index is 11.8. The first-order valence-corrected chi connectivity index (χ1v) is 8.37. The zero-order valence-electron chi connectivity index (χ0n) is 14.4. The lowest BCUT2D eigenvalue weighted by Gasteiger charge is -2.33. The van der Waals surface area contributed by atoms with Crippen molar-refractivity contribution in [3.63, 3.8) is 0 Å². The number of methoxy groups -OCH3 is 1. The molecule has 8 heteroatoms. The van der Waals surface area contributed by atoms with Crippen LogP contribution in [0, 0.1) is 0 Å². The molecule has 1 fully saturated rings. The van der Waals surface area contributed by atoms with Crippen LogP contribution in [0.1, 0.15) is 12.3 Å². The van der Waals surface area contributed by atoms with Gasteiger partial charge >= 0.3 is 0 Å². The van der Waals surface area contributed by atoms with Gasteiger partial charge in [-0.15, -0.1) is 0 Å². The molecule has 3 rings (SSSR count). The molecule has 25 heavy (non-hydrogen) atoms. The van der Waals surface area contributed by atoms with E-state index in [1.807, 2.05) is 29.2 Å². The van der Waals surface area contributed by atoms with Crippen molar-refractivity contribution in [2.45, 2.75) is 13.0 Å². The molecule has 1 amide bonds. The van der Waals surface area contributed by atoms with Gasteiger partial charge in [0.2, 0.25) is 17.6 Å². The van der Waals surface area contributed by atoms with Crippen LogP contribution in [-0.4, -0.2) is 65.7 Å². The number of hydrogen-bond acceptors (Lipinski definition) is 7. The Balaban J connectivity index is 1.54. The number of ether oxygens (including phenoxy) is 1. The van der Waals surface area contributed by atoms with Crippen LogP contribution >= 0.6 is 0 Å². The summed E-state index contributed by atoms with van der Waals surface area (Å²) >= 11 is 0. The van der Waals surface area contributed by atoms with Gasteiger partial charge in [0, 0.05) is 44.7 Å². The molecule has 1 aliphatic heterocycles. The third-order valence-corrected chi connectivity index (χ3v) is 4.26. The van der Waals surface area contributed by atoms with Gasteiger partial charge in [-0.1, -0.05) is 5.16 Å². The molecule has 1 aromatic heterocycles. The van der Waals surface area contributed by atoms with E-state index in [0.29, 0.717) is 44.3 Å². The van der Waals surface area contributed by atoms with E-state index in [-0.39, 0.29) is 5.91 Å². The lowest BCUT2D eigenvalue weighted by atomic mass is 10.2. The van der Waals surface area contributed by atoms with Gasteiger partial charge in [-0.3, -0.25) is 9.69 Å². The van der Waals surface area contributed by atoms with E-state index in [4.69, 9.17) is 15.0 Å². The summed E-state index contributed by atoms with van der Waals surface area (Å²) in [7, 11) is 1.63. The Morgan fingerprint density at radius 1 is 1.24 bits per heavy atom. The van der Waals surface area contributed by atoms with Crippen LogP contribution in [0.5, 0.6) is 5.75 Å². The highest BCUT2D eigenvalue weighted by molar-refractivity contribution is 5.76. The van der Waals surface area contributed by atoms with Gasteiger partial charge in [0.05, 0.1) is 13.7 Å². The average molecular weight is 345 g/mol. The zero-order valence-corrected chi connectivity index (χ0v) is 14.4. The fraction of sp³-hybridized carbons (Fsp3) is 0.471. The van der Waals surface area contributed by atoms with Crippen molar-refractivity contribution < 1.29 is 14.1 Å². The Kier molecular flexibility index (Phi) is 5.62. The van der Waals surface area contributed by atoms with Crippen molar-refractivity contribution in [2.24, 2.45) is 5.73 Å². The van der Waals surface area contributed by atoms with Crippen molar-refractivity contribution in [1.82, 2.24) is 19.9 Å². The molecule has 0 atom stereocenters. The molecule has 0 aliphatic carbocycles. The second kappa shape index (κ2) is 8.09. The number of carbonyl (C=O) groups excluding carboxylic acids is 1. The summed E-state index contributed by atoms with van der Waals surface area (Å²) in [5.41, 5.74) is 6.32. The number of hydrogen-bond donors (Lipinski definition) is 1. The van der Waals surface area contributed by atoms with Gasteiger partial charge in [-0.2, -0.15) is 4.98 Å². The smallest absolute Gasteiger partial charge is 0.241 e. The summed E-state index contributed by atoms with van der Waals surface area (Å²) in [6, 6.07) is 7.52. The molecule has 0 spiro atoms. The number of benzene rings is 1. The Bertz CT molecular complexity index is 693. The van der Waals surface area contributed by atoms with Gasteiger partial charge in [0.15, 0.2) is 0 Å². The van der Waals surface area contributed by atoms with Crippen molar-refractivity contribution in [3.05, 3.63) is 30.2 Å². The summed E-state index contributed by atoms with van der Waals surface area (Å²) in [6.07, 6.45) is 0.412. The number of nitrogens with two attached hydrogens (primary N) is 1. The van der Waals surface area contributed by atoms with Crippen molar-refractivity contribution in [1.29, 1.82) is 0 Å². The highest BCUT2D eigenvalue weighted by atomic mass is 16.5. The van der Waals surface area contributed by atoms with Crippen molar-refractivity contribution in [2.75, 3.05) is 39.8 Å². The zero-order chi connectivity index (χ0) is 17.6. The first-order valence-electron chi connectivity index (χ1n) is 8.37. The summed E-state index contributed by atoms with van der Waals surface area (Å²) < 4.78 is 10.5. The third kappa shape index (κ3) is 4.34. The molecule has 1 aliphatic rings. The molecular weight excluding hydrogens is 322 g/mol. The van der Waals surface area contributed by atoms with Crippen LogP contribution in [0.25, 0.3) is 11.4 Å². The molecule has 2 N–H and O–H groups in total. The topological polar surface area (TPSA) is 97.7 Å².